The number of hydrogen-bond acceptors (Lipinski definition) is 2. The minimum Gasteiger partial charge on any atom is -0.356 e. The number of guanidine groups is 1. The number of aliphatic imine (C=N–C) groups is 1. The molecule has 2 fully saturated rings. The highest BCUT2D eigenvalue weighted by Gasteiger charge is 2.33. The van der Waals surface area contributed by atoms with Gasteiger partial charge in [0.25, 0.3) is 0 Å². The monoisotopic (exact) mass is 294 g/mol. The fraction of sp³-hybridized carbons (Fsp3) is 0.941. The van der Waals surface area contributed by atoms with Crippen molar-refractivity contribution in [2.75, 3.05) is 33.2 Å². The summed E-state index contributed by atoms with van der Waals surface area (Å²) in [5.41, 5.74) is 0. The van der Waals surface area contributed by atoms with Gasteiger partial charge in [-0.2, -0.15) is 0 Å². The lowest BCUT2D eigenvalue weighted by atomic mass is 10.1. The summed E-state index contributed by atoms with van der Waals surface area (Å²) in [6.45, 7) is 9.07. The van der Waals surface area contributed by atoms with Crippen LogP contribution < -0.4 is 10.6 Å². The summed E-state index contributed by atoms with van der Waals surface area (Å²) >= 11 is 0. The predicted molar refractivity (Wildman–Crippen MR) is 90.8 cm³/mol. The van der Waals surface area contributed by atoms with Crippen LogP contribution in [0.5, 0.6) is 0 Å². The van der Waals surface area contributed by atoms with Gasteiger partial charge in [-0.3, -0.25) is 9.89 Å². The number of rotatable bonds is 10. The lowest BCUT2D eigenvalue weighted by Gasteiger charge is -2.22. The number of nitrogens with one attached hydrogen (secondary N) is 2. The fourth-order valence-corrected chi connectivity index (χ4v) is 2.75. The average molecular weight is 294 g/mol. The zero-order valence-electron chi connectivity index (χ0n) is 14.2. The second-order valence-corrected chi connectivity index (χ2v) is 7.13. The summed E-state index contributed by atoms with van der Waals surface area (Å²) in [6.07, 6.45) is 8.23. The molecule has 0 aromatic carbocycles. The Labute approximate surface area is 130 Å². The van der Waals surface area contributed by atoms with Gasteiger partial charge < -0.3 is 10.6 Å². The first-order valence-corrected chi connectivity index (χ1v) is 8.87. The van der Waals surface area contributed by atoms with Crippen LogP contribution in [0.2, 0.25) is 0 Å². The Morgan fingerprint density at radius 3 is 2.43 bits per heavy atom. The van der Waals surface area contributed by atoms with Crippen molar-refractivity contribution < 1.29 is 0 Å². The maximum atomic E-state index is 4.31. The van der Waals surface area contributed by atoms with Gasteiger partial charge in [0.1, 0.15) is 0 Å². The van der Waals surface area contributed by atoms with Crippen LogP contribution in [0.3, 0.4) is 0 Å². The summed E-state index contributed by atoms with van der Waals surface area (Å²) in [5.74, 6) is 2.75. The molecule has 0 heterocycles. The van der Waals surface area contributed by atoms with E-state index in [-0.39, 0.29) is 0 Å². The second kappa shape index (κ2) is 8.62. The van der Waals surface area contributed by atoms with E-state index in [9.17, 15) is 0 Å². The Morgan fingerprint density at radius 2 is 1.86 bits per heavy atom. The van der Waals surface area contributed by atoms with E-state index in [0.29, 0.717) is 0 Å². The molecule has 0 aliphatic heterocycles. The van der Waals surface area contributed by atoms with Crippen molar-refractivity contribution in [1.82, 2.24) is 15.5 Å². The van der Waals surface area contributed by atoms with E-state index in [1.807, 2.05) is 7.05 Å². The summed E-state index contributed by atoms with van der Waals surface area (Å²) in [6, 6.07) is 0.883. The van der Waals surface area contributed by atoms with Crippen LogP contribution in [0.1, 0.15) is 52.4 Å². The van der Waals surface area contributed by atoms with E-state index in [0.717, 1.165) is 43.5 Å². The third kappa shape index (κ3) is 7.16. The molecular formula is C17H34N4. The Balaban J connectivity index is 1.56. The molecule has 0 bridgehead atoms. The Morgan fingerprint density at radius 1 is 1.14 bits per heavy atom. The third-order valence-corrected chi connectivity index (χ3v) is 4.42. The van der Waals surface area contributed by atoms with E-state index in [2.05, 4.69) is 34.4 Å². The average Bonchev–Trinajstić information content (AvgIpc) is 3.33. The van der Waals surface area contributed by atoms with Crippen LogP contribution in [0.15, 0.2) is 4.99 Å². The van der Waals surface area contributed by atoms with Crippen molar-refractivity contribution in [3.05, 3.63) is 0 Å². The van der Waals surface area contributed by atoms with Crippen molar-refractivity contribution >= 4 is 5.96 Å². The Kier molecular flexibility index (Phi) is 6.81. The molecule has 0 spiro atoms. The van der Waals surface area contributed by atoms with Crippen LogP contribution in [0.25, 0.3) is 0 Å². The number of nitrogens with zero attached hydrogens (tertiary/aromatic N) is 2. The molecule has 2 N–H and O–H groups in total. The molecule has 2 aliphatic carbocycles. The van der Waals surface area contributed by atoms with Crippen molar-refractivity contribution in [2.24, 2.45) is 16.8 Å². The van der Waals surface area contributed by atoms with Crippen molar-refractivity contribution in [3.8, 4) is 0 Å². The normalized spacial score (nSPS) is 19.4. The molecule has 2 saturated carbocycles. The molecule has 4 nitrogen and oxygen atoms in total. The molecule has 4 heteroatoms. The van der Waals surface area contributed by atoms with Crippen LogP contribution in [-0.2, 0) is 0 Å². The van der Waals surface area contributed by atoms with Gasteiger partial charge in [-0.05, 0) is 50.4 Å². The summed E-state index contributed by atoms with van der Waals surface area (Å²) in [7, 11) is 1.86. The predicted octanol–water partition coefficient (Wildman–Crippen LogP) is 2.46. The minimum absolute atomic E-state index is 0.788. The van der Waals surface area contributed by atoms with Gasteiger partial charge >= 0.3 is 0 Å². The van der Waals surface area contributed by atoms with E-state index in [1.54, 1.807) is 0 Å². The van der Waals surface area contributed by atoms with Crippen LogP contribution in [0, 0.1) is 11.8 Å². The molecule has 0 amide bonds. The molecule has 2 aliphatic rings. The molecular weight excluding hydrogens is 260 g/mol. The van der Waals surface area contributed by atoms with Crippen LogP contribution >= 0.6 is 0 Å². The van der Waals surface area contributed by atoms with Gasteiger partial charge in [-0.1, -0.05) is 13.8 Å². The highest BCUT2D eigenvalue weighted by Crippen LogP contribution is 2.34. The van der Waals surface area contributed by atoms with E-state index < -0.39 is 0 Å². The molecule has 0 aromatic heterocycles. The SMILES string of the molecule is CN=C(NCCCC(C)C)NCCN(CC1CC1)C1CC1. The molecule has 0 unspecified atom stereocenters. The quantitative estimate of drug-likeness (QED) is 0.369. The zero-order valence-corrected chi connectivity index (χ0v) is 14.2. The van der Waals surface area contributed by atoms with Crippen molar-refractivity contribution in [2.45, 2.75) is 58.4 Å². The maximum absolute atomic E-state index is 4.31. The molecule has 0 aromatic rings. The smallest absolute Gasteiger partial charge is 0.191 e. The third-order valence-electron chi connectivity index (χ3n) is 4.42. The summed E-state index contributed by atoms with van der Waals surface area (Å²) in [4.78, 5) is 7.00. The molecule has 21 heavy (non-hydrogen) atoms. The first kappa shape index (κ1) is 16.6. The number of hydrogen-bond donors (Lipinski definition) is 2. The van der Waals surface area contributed by atoms with E-state index >= 15 is 0 Å². The van der Waals surface area contributed by atoms with Crippen molar-refractivity contribution in [1.29, 1.82) is 0 Å². The summed E-state index contributed by atoms with van der Waals surface area (Å²) < 4.78 is 0. The van der Waals surface area contributed by atoms with Gasteiger partial charge in [0.05, 0.1) is 0 Å². The maximum Gasteiger partial charge on any atom is 0.191 e. The van der Waals surface area contributed by atoms with Crippen LogP contribution in [0.4, 0.5) is 0 Å². The first-order valence-electron chi connectivity index (χ1n) is 8.87. The Bertz CT molecular complexity index is 319. The van der Waals surface area contributed by atoms with E-state index in [4.69, 9.17) is 0 Å². The first-order chi connectivity index (χ1) is 10.2. The molecule has 0 radical (unpaired) electrons. The molecule has 122 valence electrons. The lowest BCUT2D eigenvalue weighted by molar-refractivity contribution is 0.256. The van der Waals surface area contributed by atoms with Gasteiger partial charge in [0.2, 0.25) is 0 Å². The zero-order chi connectivity index (χ0) is 15.1. The molecule has 0 saturated heterocycles. The highest BCUT2D eigenvalue weighted by atomic mass is 15.2. The van der Waals surface area contributed by atoms with Gasteiger partial charge in [-0.15, -0.1) is 0 Å². The largest absolute Gasteiger partial charge is 0.356 e. The van der Waals surface area contributed by atoms with E-state index in [1.165, 1.54) is 45.1 Å². The highest BCUT2D eigenvalue weighted by molar-refractivity contribution is 5.79. The standard InChI is InChI=1S/C17H34N4/c1-14(2)5-4-10-19-17(18-3)20-11-12-21(16-8-9-16)13-15-6-7-15/h14-16H,4-13H2,1-3H3,(H2,18,19,20). The van der Waals surface area contributed by atoms with Crippen LogP contribution in [-0.4, -0.2) is 50.1 Å². The second-order valence-electron chi connectivity index (χ2n) is 7.13. The lowest BCUT2D eigenvalue weighted by Crippen LogP contribution is -2.42. The molecule has 2 rings (SSSR count). The van der Waals surface area contributed by atoms with Gasteiger partial charge in [0.15, 0.2) is 5.96 Å². The fourth-order valence-electron chi connectivity index (χ4n) is 2.75. The minimum atomic E-state index is 0.788. The van der Waals surface area contributed by atoms with Gasteiger partial charge in [-0.25, -0.2) is 0 Å². The molecule has 0 atom stereocenters. The van der Waals surface area contributed by atoms with Crippen molar-refractivity contribution in [3.63, 3.8) is 0 Å². The Hall–Kier alpha value is -0.770. The summed E-state index contributed by atoms with van der Waals surface area (Å²) in [5, 5.41) is 6.88. The topological polar surface area (TPSA) is 39.7 Å². The van der Waals surface area contributed by atoms with Gasteiger partial charge in [0, 0.05) is 39.3 Å².